The molecular weight excluding hydrogens is 428 g/mol. The summed E-state index contributed by atoms with van der Waals surface area (Å²) < 4.78 is 64.0. The predicted molar refractivity (Wildman–Crippen MR) is 111 cm³/mol. The fourth-order valence-corrected chi connectivity index (χ4v) is 5.23. The molecule has 0 amide bonds. The number of hydrogen-bond donors (Lipinski definition) is 2. The number of para-hydroxylation sites is 2. The lowest BCUT2D eigenvalue weighted by molar-refractivity contribution is 0.469. The van der Waals surface area contributed by atoms with E-state index in [1.807, 2.05) is 24.3 Å². The highest BCUT2D eigenvalue weighted by Crippen LogP contribution is 2.42. The van der Waals surface area contributed by atoms with Crippen LogP contribution in [0.2, 0.25) is 0 Å². The first-order chi connectivity index (χ1) is 14.2. The molecule has 4 aromatic rings. The molecule has 0 saturated heterocycles. The van der Waals surface area contributed by atoms with Crippen LogP contribution in [-0.2, 0) is 26.7 Å². The Bertz CT molecular complexity index is 1420. The zero-order valence-corrected chi connectivity index (χ0v) is 17.0. The number of benzene rings is 3. The lowest BCUT2D eigenvalue weighted by Crippen LogP contribution is -2.11. The van der Waals surface area contributed by atoms with Crippen molar-refractivity contribution >= 4 is 42.0 Å². The number of aromatic nitrogens is 2. The Kier molecular flexibility index (Phi) is 5.02. The molecule has 1 aliphatic carbocycles. The minimum absolute atomic E-state index is 0.0838. The SMILES string of the molecule is O=S(=O)(O)c1ccc2c3c(cccc13)CC2S(=O)(=O)O.c1ccc2nccnc2c1. The maximum Gasteiger partial charge on any atom is 0.295 e. The van der Waals surface area contributed by atoms with Crippen molar-refractivity contribution in [2.24, 2.45) is 0 Å². The first kappa shape index (κ1) is 20.4. The van der Waals surface area contributed by atoms with E-state index in [4.69, 9.17) is 0 Å². The molecule has 0 radical (unpaired) electrons. The van der Waals surface area contributed by atoms with Gasteiger partial charge >= 0.3 is 0 Å². The topological polar surface area (TPSA) is 135 Å². The van der Waals surface area contributed by atoms with Gasteiger partial charge in [-0.15, -0.1) is 0 Å². The van der Waals surface area contributed by atoms with E-state index in [2.05, 4.69) is 9.97 Å². The van der Waals surface area contributed by atoms with Gasteiger partial charge in [0.15, 0.2) is 0 Å². The molecule has 1 heterocycles. The molecule has 30 heavy (non-hydrogen) atoms. The molecule has 1 aromatic heterocycles. The summed E-state index contributed by atoms with van der Waals surface area (Å²) in [6.45, 7) is 0. The van der Waals surface area contributed by atoms with E-state index in [1.54, 1.807) is 24.5 Å². The van der Waals surface area contributed by atoms with E-state index in [0.717, 1.165) is 17.1 Å². The fraction of sp³-hybridized carbons (Fsp3) is 0.100. The van der Waals surface area contributed by atoms with Crippen LogP contribution in [0.4, 0.5) is 0 Å². The Labute approximate surface area is 172 Å². The fourth-order valence-electron chi connectivity index (χ4n) is 3.63. The first-order valence-corrected chi connectivity index (χ1v) is 11.7. The molecule has 0 fully saturated rings. The van der Waals surface area contributed by atoms with E-state index >= 15 is 0 Å². The van der Waals surface area contributed by atoms with Crippen LogP contribution >= 0.6 is 0 Å². The van der Waals surface area contributed by atoms with Crippen LogP contribution in [0, 0.1) is 0 Å². The Morgan fingerprint density at radius 2 is 1.43 bits per heavy atom. The summed E-state index contributed by atoms with van der Waals surface area (Å²) in [7, 11) is -8.68. The Hall–Kier alpha value is -2.92. The maximum absolute atomic E-state index is 11.4. The molecule has 0 spiro atoms. The van der Waals surface area contributed by atoms with Crippen molar-refractivity contribution in [3.8, 4) is 0 Å². The molecule has 1 aliphatic rings. The van der Waals surface area contributed by atoms with Gasteiger partial charge in [0.1, 0.15) is 10.1 Å². The van der Waals surface area contributed by atoms with Gasteiger partial charge in [0.25, 0.3) is 20.2 Å². The van der Waals surface area contributed by atoms with Crippen molar-refractivity contribution in [1.29, 1.82) is 0 Å². The van der Waals surface area contributed by atoms with Crippen molar-refractivity contribution in [3.05, 3.63) is 78.1 Å². The van der Waals surface area contributed by atoms with Gasteiger partial charge in [0, 0.05) is 17.8 Å². The average molecular weight is 444 g/mol. The number of nitrogens with zero attached hydrogens (tertiary/aromatic N) is 2. The highest BCUT2D eigenvalue weighted by Gasteiger charge is 2.34. The zero-order chi connectivity index (χ0) is 21.5. The van der Waals surface area contributed by atoms with Crippen molar-refractivity contribution in [3.63, 3.8) is 0 Å². The van der Waals surface area contributed by atoms with Crippen LogP contribution in [0.5, 0.6) is 0 Å². The predicted octanol–water partition coefficient (Wildman–Crippen LogP) is 3.20. The van der Waals surface area contributed by atoms with Gasteiger partial charge in [-0.05, 0) is 41.1 Å². The summed E-state index contributed by atoms with van der Waals surface area (Å²) in [6, 6.07) is 15.0. The normalized spacial score (nSPS) is 15.7. The molecule has 154 valence electrons. The van der Waals surface area contributed by atoms with Gasteiger partial charge in [-0.25, -0.2) is 0 Å². The zero-order valence-electron chi connectivity index (χ0n) is 15.4. The highest BCUT2D eigenvalue weighted by atomic mass is 32.2. The van der Waals surface area contributed by atoms with Gasteiger partial charge in [-0.1, -0.05) is 36.4 Å². The third kappa shape index (κ3) is 3.77. The smallest absolute Gasteiger partial charge is 0.285 e. The summed E-state index contributed by atoms with van der Waals surface area (Å²) in [5, 5.41) is -0.378. The van der Waals surface area contributed by atoms with Gasteiger partial charge in [-0.2, -0.15) is 16.8 Å². The van der Waals surface area contributed by atoms with Crippen molar-refractivity contribution in [2.45, 2.75) is 16.6 Å². The second-order valence-corrected chi connectivity index (χ2v) is 9.71. The van der Waals surface area contributed by atoms with Crippen molar-refractivity contribution in [1.82, 2.24) is 9.97 Å². The van der Waals surface area contributed by atoms with E-state index in [9.17, 15) is 25.9 Å². The molecule has 1 unspecified atom stereocenters. The summed E-state index contributed by atoms with van der Waals surface area (Å²) in [4.78, 5) is 7.97. The molecule has 8 nitrogen and oxygen atoms in total. The summed E-state index contributed by atoms with van der Waals surface area (Å²) in [5.41, 5.74) is 2.88. The standard InChI is InChI=1S/C12H10O6S2.C8H6N2/c13-19(14,15)10-5-4-9-11(20(16,17)18)6-7-2-1-3-8(10)12(7)9;1-2-4-8-7(3-1)9-5-6-10-8/h1-5,11H,6H2,(H,13,14,15)(H,16,17,18);1-6H. The van der Waals surface area contributed by atoms with Crippen molar-refractivity contribution in [2.75, 3.05) is 0 Å². The maximum atomic E-state index is 11.4. The lowest BCUT2D eigenvalue weighted by atomic mass is 10.1. The monoisotopic (exact) mass is 444 g/mol. The Morgan fingerprint density at radius 3 is 2.00 bits per heavy atom. The van der Waals surface area contributed by atoms with Crippen LogP contribution in [0.15, 0.2) is 71.9 Å². The van der Waals surface area contributed by atoms with Crippen LogP contribution < -0.4 is 0 Å². The van der Waals surface area contributed by atoms with Crippen LogP contribution in [0.3, 0.4) is 0 Å². The molecule has 0 aliphatic heterocycles. The summed E-state index contributed by atoms with van der Waals surface area (Å²) in [5.74, 6) is 0. The van der Waals surface area contributed by atoms with Gasteiger partial charge in [0.2, 0.25) is 0 Å². The van der Waals surface area contributed by atoms with E-state index < -0.39 is 25.5 Å². The Balaban J connectivity index is 0.000000181. The third-order valence-corrected chi connectivity index (χ3v) is 6.94. The van der Waals surface area contributed by atoms with E-state index in [-0.39, 0.29) is 16.7 Å². The van der Waals surface area contributed by atoms with Crippen LogP contribution in [-0.4, -0.2) is 35.9 Å². The number of hydrogen-bond acceptors (Lipinski definition) is 6. The molecule has 10 heteroatoms. The molecule has 2 N–H and O–H groups in total. The number of fused-ring (bicyclic) bond motifs is 1. The summed E-state index contributed by atoms with van der Waals surface area (Å²) >= 11 is 0. The van der Waals surface area contributed by atoms with E-state index in [1.165, 1.54) is 12.1 Å². The lowest BCUT2D eigenvalue weighted by Gasteiger charge is -2.09. The van der Waals surface area contributed by atoms with Gasteiger partial charge < -0.3 is 0 Å². The number of rotatable bonds is 2. The van der Waals surface area contributed by atoms with E-state index in [0.29, 0.717) is 16.5 Å². The first-order valence-electron chi connectivity index (χ1n) is 8.80. The van der Waals surface area contributed by atoms with Gasteiger partial charge in [0.05, 0.1) is 11.0 Å². The second-order valence-electron chi connectivity index (χ2n) is 6.72. The largest absolute Gasteiger partial charge is 0.295 e. The second kappa shape index (κ2) is 7.40. The van der Waals surface area contributed by atoms with Crippen LogP contribution in [0.1, 0.15) is 16.4 Å². The summed E-state index contributed by atoms with van der Waals surface area (Å²) in [6.07, 6.45) is 3.48. The third-order valence-electron chi connectivity index (χ3n) is 4.88. The molecule has 3 aromatic carbocycles. The molecular formula is C20H16N2O6S2. The molecule has 0 bridgehead atoms. The molecule has 1 atom stereocenters. The minimum Gasteiger partial charge on any atom is -0.285 e. The molecule has 5 rings (SSSR count). The van der Waals surface area contributed by atoms with Crippen molar-refractivity contribution < 1.29 is 25.9 Å². The minimum atomic E-state index is -4.40. The Morgan fingerprint density at radius 1 is 0.800 bits per heavy atom. The van der Waals surface area contributed by atoms with Crippen LogP contribution in [0.25, 0.3) is 21.8 Å². The highest BCUT2D eigenvalue weighted by molar-refractivity contribution is 7.86. The molecule has 0 saturated carbocycles. The van der Waals surface area contributed by atoms with Gasteiger partial charge in [-0.3, -0.25) is 19.1 Å². The average Bonchev–Trinajstić information content (AvgIpc) is 3.09. The quantitative estimate of drug-likeness (QED) is 0.450.